The molecular weight excluding hydrogens is 243 g/mol. The minimum Gasteiger partial charge on any atom is -0.467 e. The zero-order valence-electron chi connectivity index (χ0n) is 9.93. The third-order valence-electron chi connectivity index (χ3n) is 2.79. The summed E-state index contributed by atoms with van der Waals surface area (Å²) in [6.45, 7) is 1.77. The van der Waals surface area contributed by atoms with Crippen LogP contribution in [0.4, 0.5) is 13.2 Å². The summed E-state index contributed by atoms with van der Waals surface area (Å²) < 4.78 is 45.5. The second kappa shape index (κ2) is 4.86. The molecule has 0 saturated carbocycles. The van der Waals surface area contributed by atoms with Gasteiger partial charge >= 0.3 is 0 Å². The molecule has 96 valence electrons. The third kappa shape index (κ3) is 2.13. The maximum atomic E-state index is 13.7. The fourth-order valence-corrected chi connectivity index (χ4v) is 1.92. The van der Waals surface area contributed by atoms with Crippen LogP contribution in [0.2, 0.25) is 0 Å². The standard InChI is InChI=1S/C13H12F3NO/c1-7-3-4-18-13(7)12(17-2)11-9(15)5-8(14)6-10(11)16/h3-6,12,17H,1-2H3. The number of rotatable bonds is 3. The molecule has 0 amide bonds. The second-order valence-electron chi connectivity index (χ2n) is 3.97. The molecular formula is C13H12F3NO. The number of benzene rings is 1. The first-order chi connectivity index (χ1) is 8.54. The monoisotopic (exact) mass is 255 g/mol. The summed E-state index contributed by atoms with van der Waals surface area (Å²) in [7, 11) is 1.55. The van der Waals surface area contributed by atoms with Gasteiger partial charge in [-0.1, -0.05) is 0 Å². The van der Waals surface area contributed by atoms with Crippen molar-refractivity contribution in [2.45, 2.75) is 13.0 Å². The first-order valence-corrected chi connectivity index (χ1v) is 5.40. The molecule has 1 unspecified atom stereocenters. The zero-order valence-corrected chi connectivity index (χ0v) is 9.93. The molecule has 2 nitrogen and oxygen atoms in total. The summed E-state index contributed by atoms with van der Waals surface area (Å²) in [6, 6.07) is 2.21. The lowest BCUT2D eigenvalue weighted by Crippen LogP contribution is -2.21. The summed E-state index contributed by atoms with van der Waals surface area (Å²) in [5.41, 5.74) is 0.509. The van der Waals surface area contributed by atoms with Gasteiger partial charge in [-0.2, -0.15) is 0 Å². The molecule has 0 fully saturated rings. The largest absolute Gasteiger partial charge is 0.467 e. The third-order valence-corrected chi connectivity index (χ3v) is 2.79. The van der Waals surface area contributed by atoms with Gasteiger partial charge in [-0.15, -0.1) is 0 Å². The molecule has 5 heteroatoms. The fraction of sp³-hybridized carbons (Fsp3) is 0.231. The van der Waals surface area contributed by atoms with E-state index in [1.54, 1.807) is 20.0 Å². The van der Waals surface area contributed by atoms with Crippen LogP contribution < -0.4 is 5.32 Å². The van der Waals surface area contributed by atoms with Crippen LogP contribution in [-0.2, 0) is 0 Å². The Kier molecular flexibility index (Phi) is 3.43. The van der Waals surface area contributed by atoms with E-state index in [2.05, 4.69) is 5.32 Å². The first kappa shape index (κ1) is 12.7. The van der Waals surface area contributed by atoms with Crippen molar-refractivity contribution in [3.63, 3.8) is 0 Å². The Morgan fingerprint density at radius 1 is 1.17 bits per heavy atom. The van der Waals surface area contributed by atoms with Crippen molar-refractivity contribution in [1.29, 1.82) is 0 Å². The smallest absolute Gasteiger partial charge is 0.134 e. The molecule has 2 aromatic rings. The maximum Gasteiger partial charge on any atom is 0.134 e. The Labute approximate surface area is 102 Å². The van der Waals surface area contributed by atoms with E-state index < -0.39 is 23.5 Å². The van der Waals surface area contributed by atoms with Gasteiger partial charge in [0.15, 0.2) is 0 Å². The molecule has 0 bridgehead atoms. The molecule has 0 aliphatic heterocycles. The van der Waals surface area contributed by atoms with E-state index in [0.29, 0.717) is 17.9 Å². The van der Waals surface area contributed by atoms with Gasteiger partial charge in [0.05, 0.1) is 12.3 Å². The summed E-state index contributed by atoms with van der Waals surface area (Å²) in [5.74, 6) is -2.42. The number of furan rings is 1. The highest BCUT2D eigenvalue weighted by Crippen LogP contribution is 2.29. The van der Waals surface area contributed by atoms with E-state index in [0.717, 1.165) is 5.56 Å². The summed E-state index contributed by atoms with van der Waals surface area (Å²) in [4.78, 5) is 0. The molecule has 1 aromatic heterocycles. The minimum absolute atomic E-state index is 0.253. The van der Waals surface area contributed by atoms with E-state index >= 15 is 0 Å². The SMILES string of the molecule is CNC(c1occc1C)c1c(F)cc(F)cc1F. The Hall–Kier alpha value is -1.75. The average Bonchev–Trinajstić information content (AvgIpc) is 2.69. The first-order valence-electron chi connectivity index (χ1n) is 5.40. The van der Waals surface area contributed by atoms with Crippen LogP contribution in [0.5, 0.6) is 0 Å². The lowest BCUT2D eigenvalue weighted by Gasteiger charge is -2.17. The van der Waals surface area contributed by atoms with Crippen LogP contribution in [-0.4, -0.2) is 7.05 Å². The normalized spacial score (nSPS) is 12.7. The molecule has 0 saturated heterocycles. The van der Waals surface area contributed by atoms with Crippen LogP contribution in [0.15, 0.2) is 28.9 Å². The number of halogens is 3. The van der Waals surface area contributed by atoms with Crippen LogP contribution in [0.3, 0.4) is 0 Å². The highest BCUT2D eigenvalue weighted by atomic mass is 19.1. The fourth-order valence-electron chi connectivity index (χ4n) is 1.92. The van der Waals surface area contributed by atoms with E-state index in [1.807, 2.05) is 0 Å². The Morgan fingerprint density at radius 2 is 1.78 bits per heavy atom. The molecule has 0 radical (unpaired) electrons. The van der Waals surface area contributed by atoms with Crippen molar-refractivity contribution in [2.24, 2.45) is 0 Å². The Balaban J connectivity index is 2.56. The van der Waals surface area contributed by atoms with Gasteiger partial charge in [0.25, 0.3) is 0 Å². The van der Waals surface area contributed by atoms with Crippen LogP contribution in [0, 0.1) is 24.4 Å². The predicted octanol–water partition coefficient (Wildman–Crippen LogP) is 3.31. The molecule has 1 atom stereocenters. The molecule has 18 heavy (non-hydrogen) atoms. The van der Waals surface area contributed by atoms with E-state index in [-0.39, 0.29) is 5.56 Å². The Morgan fingerprint density at radius 3 is 2.22 bits per heavy atom. The van der Waals surface area contributed by atoms with E-state index in [1.165, 1.54) is 6.26 Å². The van der Waals surface area contributed by atoms with Crippen molar-refractivity contribution in [3.8, 4) is 0 Å². The lowest BCUT2D eigenvalue weighted by molar-refractivity contribution is 0.431. The highest BCUT2D eigenvalue weighted by molar-refractivity contribution is 5.33. The average molecular weight is 255 g/mol. The minimum atomic E-state index is -0.945. The Bertz CT molecular complexity index is 542. The molecule has 1 N–H and O–H groups in total. The topological polar surface area (TPSA) is 25.2 Å². The van der Waals surface area contributed by atoms with Gasteiger partial charge in [0.2, 0.25) is 0 Å². The molecule has 2 rings (SSSR count). The number of aryl methyl sites for hydroxylation is 1. The van der Waals surface area contributed by atoms with Crippen molar-refractivity contribution in [3.05, 3.63) is 58.8 Å². The molecule has 0 aliphatic rings. The number of hydrogen-bond donors (Lipinski definition) is 1. The van der Waals surface area contributed by atoms with Crippen LogP contribution >= 0.6 is 0 Å². The van der Waals surface area contributed by atoms with Crippen LogP contribution in [0.25, 0.3) is 0 Å². The van der Waals surface area contributed by atoms with Crippen molar-refractivity contribution >= 4 is 0 Å². The van der Waals surface area contributed by atoms with Crippen molar-refractivity contribution < 1.29 is 17.6 Å². The molecule has 0 aliphatic carbocycles. The zero-order chi connectivity index (χ0) is 13.3. The van der Waals surface area contributed by atoms with Gasteiger partial charge in [-0.25, -0.2) is 13.2 Å². The molecule has 0 spiro atoms. The van der Waals surface area contributed by atoms with Gasteiger partial charge in [0.1, 0.15) is 23.2 Å². The summed E-state index contributed by atoms with van der Waals surface area (Å²) in [5, 5.41) is 2.77. The summed E-state index contributed by atoms with van der Waals surface area (Å²) >= 11 is 0. The number of hydrogen-bond acceptors (Lipinski definition) is 2. The van der Waals surface area contributed by atoms with Gasteiger partial charge in [0, 0.05) is 17.7 Å². The highest BCUT2D eigenvalue weighted by Gasteiger charge is 2.25. The maximum absolute atomic E-state index is 13.7. The van der Waals surface area contributed by atoms with Gasteiger partial charge < -0.3 is 9.73 Å². The van der Waals surface area contributed by atoms with Crippen LogP contribution in [0.1, 0.15) is 22.9 Å². The van der Waals surface area contributed by atoms with Gasteiger partial charge in [-0.05, 0) is 25.6 Å². The lowest BCUT2D eigenvalue weighted by atomic mass is 10.0. The number of nitrogens with one attached hydrogen (secondary N) is 1. The van der Waals surface area contributed by atoms with Crippen molar-refractivity contribution in [2.75, 3.05) is 7.05 Å². The quantitative estimate of drug-likeness (QED) is 0.910. The predicted molar refractivity (Wildman–Crippen MR) is 60.7 cm³/mol. The molecule has 1 heterocycles. The van der Waals surface area contributed by atoms with E-state index in [9.17, 15) is 13.2 Å². The van der Waals surface area contributed by atoms with E-state index in [4.69, 9.17) is 4.42 Å². The second-order valence-corrected chi connectivity index (χ2v) is 3.97. The van der Waals surface area contributed by atoms with Gasteiger partial charge in [-0.3, -0.25) is 0 Å². The summed E-state index contributed by atoms with van der Waals surface area (Å²) in [6.07, 6.45) is 1.44. The molecule has 1 aromatic carbocycles. The van der Waals surface area contributed by atoms with Crippen molar-refractivity contribution in [1.82, 2.24) is 5.32 Å².